The van der Waals surface area contributed by atoms with Gasteiger partial charge < -0.3 is 10.4 Å². The molecule has 0 amide bonds. The van der Waals surface area contributed by atoms with Crippen LogP contribution in [0.3, 0.4) is 0 Å². The maximum absolute atomic E-state index is 10.1. The van der Waals surface area contributed by atoms with E-state index in [4.69, 9.17) is 0 Å². The van der Waals surface area contributed by atoms with Crippen LogP contribution in [0.1, 0.15) is 51.0 Å². The van der Waals surface area contributed by atoms with E-state index in [-0.39, 0.29) is 6.10 Å². The third kappa shape index (κ3) is 4.54. The first-order chi connectivity index (χ1) is 9.29. The van der Waals surface area contributed by atoms with Crippen molar-refractivity contribution in [3.05, 3.63) is 29.8 Å². The molecular formula is C17H27NO. The molecule has 0 aliphatic heterocycles. The largest absolute Gasteiger partial charge is 0.391 e. The smallest absolute Gasteiger partial charge is 0.0715 e. The van der Waals surface area contributed by atoms with Gasteiger partial charge in [-0.3, -0.25) is 0 Å². The second kappa shape index (κ2) is 7.54. The Morgan fingerprint density at radius 1 is 1.26 bits per heavy atom. The zero-order chi connectivity index (χ0) is 13.5. The summed E-state index contributed by atoms with van der Waals surface area (Å²) in [6, 6.07) is 8.44. The van der Waals surface area contributed by atoms with E-state index in [1.165, 1.54) is 36.9 Å². The Labute approximate surface area is 117 Å². The Balaban J connectivity index is 1.80. The van der Waals surface area contributed by atoms with E-state index >= 15 is 0 Å². The Hall–Kier alpha value is -1.02. The van der Waals surface area contributed by atoms with Crippen LogP contribution in [-0.4, -0.2) is 17.8 Å². The fourth-order valence-electron chi connectivity index (χ4n) is 3.12. The predicted molar refractivity (Wildman–Crippen MR) is 81.5 cm³/mol. The minimum Gasteiger partial charge on any atom is -0.391 e. The molecule has 2 heteroatoms. The van der Waals surface area contributed by atoms with Gasteiger partial charge >= 0.3 is 0 Å². The Bertz CT molecular complexity index is 371. The van der Waals surface area contributed by atoms with Gasteiger partial charge in [-0.05, 0) is 30.4 Å². The van der Waals surface area contributed by atoms with E-state index < -0.39 is 0 Å². The van der Waals surface area contributed by atoms with Crippen LogP contribution in [-0.2, 0) is 6.42 Å². The van der Waals surface area contributed by atoms with Crippen molar-refractivity contribution in [2.24, 2.45) is 5.92 Å². The zero-order valence-electron chi connectivity index (χ0n) is 12.1. The van der Waals surface area contributed by atoms with Gasteiger partial charge in [-0.2, -0.15) is 0 Å². The van der Waals surface area contributed by atoms with Gasteiger partial charge in [-0.25, -0.2) is 0 Å². The molecule has 1 unspecified atom stereocenters. The van der Waals surface area contributed by atoms with E-state index in [1.807, 2.05) is 0 Å². The van der Waals surface area contributed by atoms with Crippen LogP contribution in [0.4, 0.5) is 5.69 Å². The highest BCUT2D eigenvalue weighted by atomic mass is 16.3. The van der Waals surface area contributed by atoms with Crippen molar-refractivity contribution >= 4 is 5.69 Å². The van der Waals surface area contributed by atoms with Gasteiger partial charge in [0.15, 0.2) is 0 Å². The van der Waals surface area contributed by atoms with Crippen molar-refractivity contribution in [1.82, 2.24) is 0 Å². The van der Waals surface area contributed by atoms with E-state index in [0.29, 0.717) is 6.54 Å². The molecule has 1 fully saturated rings. The molecule has 1 saturated carbocycles. The molecule has 0 heterocycles. The highest BCUT2D eigenvalue weighted by Gasteiger charge is 2.18. The molecular weight excluding hydrogens is 234 g/mol. The van der Waals surface area contributed by atoms with Crippen molar-refractivity contribution in [2.75, 3.05) is 11.9 Å². The van der Waals surface area contributed by atoms with Gasteiger partial charge in [0, 0.05) is 12.2 Å². The molecule has 0 bridgehead atoms. The standard InChI is InChI=1S/C17H27NO/c1-2-7-15-10-5-6-11-17(15)18-13-16(19)12-14-8-3-4-9-14/h5-6,10-11,14,16,18-19H,2-4,7-9,12-13H2,1H3. The summed E-state index contributed by atoms with van der Waals surface area (Å²) >= 11 is 0. The van der Waals surface area contributed by atoms with E-state index in [1.54, 1.807) is 0 Å². The monoisotopic (exact) mass is 261 g/mol. The lowest BCUT2D eigenvalue weighted by Crippen LogP contribution is -2.22. The third-order valence-corrected chi connectivity index (χ3v) is 4.14. The molecule has 106 valence electrons. The second-order valence-corrected chi connectivity index (χ2v) is 5.83. The summed E-state index contributed by atoms with van der Waals surface area (Å²) in [7, 11) is 0. The summed E-state index contributed by atoms with van der Waals surface area (Å²) in [5.41, 5.74) is 2.55. The van der Waals surface area contributed by atoms with Gasteiger partial charge in [0.1, 0.15) is 0 Å². The highest BCUT2D eigenvalue weighted by molar-refractivity contribution is 5.51. The molecule has 1 aromatic rings. The summed E-state index contributed by atoms with van der Waals surface area (Å²) < 4.78 is 0. The molecule has 2 N–H and O–H groups in total. The van der Waals surface area contributed by atoms with Crippen LogP contribution in [0.25, 0.3) is 0 Å². The first-order valence-corrected chi connectivity index (χ1v) is 7.79. The topological polar surface area (TPSA) is 32.3 Å². The fraction of sp³-hybridized carbons (Fsp3) is 0.647. The number of aliphatic hydroxyl groups is 1. The molecule has 2 nitrogen and oxygen atoms in total. The minimum absolute atomic E-state index is 0.210. The Morgan fingerprint density at radius 2 is 2.00 bits per heavy atom. The summed E-state index contributed by atoms with van der Waals surface area (Å²) in [5.74, 6) is 0.752. The van der Waals surface area contributed by atoms with Gasteiger partial charge in [0.2, 0.25) is 0 Å². The van der Waals surface area contributed by atoms with Crippen LogP contribution in [0.5, 0.6) is 0 Å². The van der Waals surface area contributed by atoms with Gasteiger partial charge in [-0.1, -0.05) is 57.2 Å². The number of rotatable bonds is 7. The molecule has 0 radical (unpaired) electrons. The lowest BCUT2D eigenvalue weighted by atomic mass is 10.00. The number of aliphatic hydroxyl groups excluding tert-OH is 1. The summed E-state index contributed by atoms with van der Waals surface area (Å²) in [6.45, 7) is 2.88. The number of nitrogens with one attached hydrogen (secondary N) is 1. The van der Waals surface area contributed by atoms with Gasteiger partial charge in [-0.15, -0.1) is 0 Å². The number of benzene rings is 1. The predicted octanol–water partition coefficient (Wildman–Crippen LogP) is 3.99. The molecule has 19 heavy (non-hydrogen) atoms. The maximum Gasteiger partial charge on any atom is 0.0715 e. The second-order valence-electron chi connectivity index (χ2n) is 5.83. The first kappa shape index (κ1) is 14.4. The average molecular weight is 261 g/mol. The van der Waals surface area contributed by atoms with E-state index in [2.05, 4.69) is 36.5 Å². The quantitative estimate of drug-likeness (QED) is 0.777. The van der Waals surface area contributed by atoms with Crippen molar-refractivity contribution in [1.29, 1.82) is 0 Å². The number of para-hydroxylation sites is 1. The lowest BCUT2D eigenvalue weighted by molar-refractivity contribution is 0.155. The fourth-order valence-corrected chi connectivity index (χ4v) is 3.12. The van der Waals surface area contributed by atoms with E-state index in [0.717, 1.165) is 25.2 Å². The first-order valence-electron chi connectivity index (χ1n) is 7.79. The lowest BCUT2D eigenvalue weighted by Gasteiger charge is -2.18. The number of hydrogen-bond donors (Lipinski definition) is 2. The van der Waals surface area contributed by atoms with Crippen molar-refractivity contribution in [3.8, 4) is 0 Å². The Morgan fingerprint density at radius 3 is 2.74 bits per heavy atom. The number of aryl methyl sites for hydroxylation is 1. The molecule has 1 aliphatic carbocycles. The molecule has 1 aromatic carbocycles. The zero-order valence-corrected chi connectivity index (χ0v) is 12.1. The summed E-state index contributed by atoms with van der Waals surface area (Å²) in [6.07, 6.45) is 8.33. The highest BCUT2D eigenvalue weighted by Crippen LogP contribution is 2.28. The molecule has 1 atom stereocenters. The van der Waals surface area contributed by atoms with Crippen LogP contribution in [0.15, 0.2) is 24.3 Å². The molecule has 0 saturated heterocycles. The molecule has 0 aromatic heterocycles. The SMILES string of the molecule is CCCc1ccccc1NCC(O)CC1CCCC1. The van der Waals surface area contributed by atoms with Crippen LogP contribution < -0.4 is 5.32 Å². The average Bonchev–Trinajstić information content (AvgIpc) is 2.91. The van der Waals surface area contributed by atoms with E-state index in [9.17, 15) is 5.11 Å². The van der Waals surface area contributed by atoms with Gasteiger partial charge in [0.25, 0.3) is 0 Å². The number of anilines is 1. The maximum atomic E-state index is 10.1. The third-order valence-electron chi connectivity index (χ3n) is 4.14. The van der Waals surface area contributed by atoms with Gasteiger partial charge in [0.05, 0.1) is 6.10 Å². The van der Waals surface area contributed by atoms with Crippen LogP contribution in [0, 0.1) is 5.92 Å². The molecule has 0 spiro atoms. The summed E-state index contributed by atoms with van der Waals surface area (Å²) in [5, 5.41) is 13.6. The molecule has 2 rings (SSSR count). The Kier molecular flexibility index (Phi) is 5.71. The van der Waals surface area contributed by atoms with Crippen molar-refractivity contribution < 1.29 is 5.11 Å². The minimum atomic E-state index is -0.210. The number of hydrogen-bond acceptors (Lipinski definition) is 2. The van der Waals surface area contributed by atoms with Crippen LogP contribution in [0.2, 0.25) is 0 Å². The van der Waals surface area contributed by atoms with Crippen LogP contribution >= 0.6 is 0 Å². The molecule has 1 aliphatic rings. The van der Waals surface area contributed by atoms with Crippen molar-refractivity contribution in [2.45, 2.75) is 58.0 Å². The van der Waals surface area contributed by atoms with Crippen molar-refractivity contribution in [3.63, 3.8) is 0 Å². The summed E-state index contributed by atoms with van der Waals surface area (Å²) in [4.78, 5) is 0. The normalized spacial score (nSPS) is 17.6.